The van der Waals surface area contributed by atoms with Crippen molar-refractivity contribution in [3.63, 3.8) is 0 Å². The minimum Gasteiger partial charge on any atom is -0.393 e. The summed E-state index contributed by atoms with van der Waals surface area (Å²) in [6, 6.07) is 0. The van der Waals surface area contributed by atoms with Gasteiger partial charge in [0.05, 0.1) is 6.10 Å². The van der Waals surface area contributed by atoms with Gasteiger partial charge in [-0.3, -0.25) is 0 Å². The van der Waals surface area contributed by atoms with E-state index < -0.39 is 0 Å². The van der Waals surface area contributed by atoms with Crippen molar-refractivity contribution in [2.75, 3.05) is 11.9 Å². The zero-order valence-electron chi connectivity index (χ0n) is 9.92. The summed E-state index contributed by atoms with van der Waals surface area (Å²) in [6.07, 6.45) is 1.44. The zero-order chi connectivity index (χ0) is 12.1. The van der Waals surface area contributed by atoms with Crippen molar-refractivity contribution >= 4 is 17.4 Å². The largest absolute Gasteiger partial charge is 0.393 e. The van der Waals surface area contributed by atoms with Crippen LogP contribution in [0.15, 0.2) is 0 Å². The number of rotatable bonds is 5. The van der Waals surface area contributed by atoms with Crippen LogP contribution >= 0.6 is 11.6 Å². The van der Waals surface area contributed by atoms with Gasteiger partial charge in [-0.05, 0) is 44.7 Å². The fourth-order valence-electron chi connectivity index (χ4n) is 1.35. The van der Waals surface area contributed by atoms with Gasteiger partial charge in [0.25, 0.3) is 0 Å². The minimum absolute atomic E-state index is 0.249. The van der Waals surface area contributed by atoms with Crippen LogP contribution in [0.4, 0.5) is 5.82 Å². The molecule has 1 aromatic heterocycles. The molecule has 5 heteroatoms. The maximum absolute atomic E-state index is 9.11. The fourth-order valence-corrected chi connectivity index (χ4v) is 1.53. The predicted molar refractivity (Wildman–Crippen MR) is 65.9 cm³/mol. The Hall–Kier alpha value is -0.870. The Balaban J connectivity index is 2.52. The van der Waals surface area contributed by atoms with E-state index in [2.05, 4.69) is 15.5 Å². The summed E-state index contributed by atoms with van der Waals surface area (Å²) in [5.74, 6) is 0.771. The van der Waals surface area contributed by atoms with E-state index in [9.17, 15) is 0 Å². The topological polar surface area (TPSA) is 58.0 Å². The van der Waals surface area contributed by atoms with Crippen LogP contribution in [0.3, 0.4) is 0 Å². The second kappa shape index (κ2) is 6.01. The molecule has 1 aromatic rings. The van der Waals surface area contributed by atoms with Gasteiger partial charge in [-0.1, -0.05) is 11.6 Å². The first-order valence-corrected chi connectivity index (χ1v) is 5.81. The van der Waals surface area contributed by atoms with E-state index >= 15 is 0 Å². The highest BCUT2D eigenvalue weighted by molar-refractivity contribution is 6.30. The predicted octanol–water partition coefficient (Wildman–Crippen LogP) is 2.32. The van der Waals surface area contributed by atoms with E-state index in [1.807, 2.05) is 13.8 Å². The third-order valence-corrected chi connectivity index (χ3v) is 2.92. The molecule has 1 rings (SSSR count). The van der Waals surface area contributed by atoms with Gasteiger partial charge in [0.2, 0.25) is 0 Å². The molecule has 0 aliphatic heterocycles. The smallest absolute Gasteiger partial charge is 0.155 e. The van der Waals surface area contributed by atoms with Crippen LogP contribution in [0.25, 0.3) is 0 Å². The lowest BCUT2D eigenvalue weighted by Gasteiger charge is -2.10. The zero-order valence-corrected chi connectivity index (χ0v) is 10.7. The highest BCUT2D eigenvalue weighted by Crippen LogP contribution is 2.20. The first-order valence-electron chi connectivity index (χ1n) is 5.43. The lowest BCUT2D eigenvalue weighted by Crippen LogP contribution is -2.09. The average molecular weight is 244 g/mol. The van der Waals surface area contributed by atoms with Crippen molar-refractivity contribution in [1.29, 1.82) is 0 Å². The summed E-state index contributed by atoms with van der Waals surface area (Å²) in [6.45, 7) is 6.46. The van der Waals surface area contributed by atoms with Crippen LogP contribution in [0.1, 0.15) is 30.9 Å². The van der Waals surface area contributed by atoms with Crippen LogP contribution in [-0.2, 0) is 0 Å². The van der Waals surface area contributed by atoms with Crippen molar-refractivity contribution in [3.8, 4) is 0 Å². The van der Waals surface area contributed by atoms with Gasteiger partial charge >= 0.3 is 0 Å². The fraction of sp³-hybridized carbons (Fsp3) is 0.636. The molecule has 0 bridgehead atoms. The molecular weight excluding hydrogens is 226 g/mol. The molecule has 1 unspecified atom stereocenters. The normalized spacial score (nSPS) is 12.6. The number of hydrogen-bond acceptors (Lipinski definition) is 4. The Morgan fingerprint density at radius 1 is 1.31 bits per heavy atom. The number of halogens is 1. The molecule has 0 aliphatic rings. The molecule has 2 N–H and O–H groups in total. The van der Waals surface area contributed by atoms with E-state index in [0.717, 1.165) is 36.3 Å². The molecule has 0 radical (unpaired) electrons. The van der Waals surface area contributed by atoms with E-state index in [1.54, 1.807) is 6.92 Å². The molecule has 0 saturated carbocycles. The Morgan fingerprint density at radius 2 is 2.00 bits per heavy atom. The van der Waals surface area contributed by atoms with Crippen molar-refractivity contribution < 1.29 is 5.11 Å². The number of nitrogens with one attached hydrogen (secondary N) is 1. The monoisotopic (exact) mass is 243 g/mol. The molecule has 0 saturated heterocycles. The van der Waals surface area contributed by atoms with Crippen molar-refractivity contribution in [2.24, 2.45) is 0 Å². The number of anilines is 1. The molecule has 0 amide bonds. The first-order chi connectivity index (χ1) is 7.52. The van der Waals surface area contributed by atoms with Gasteiger partial charge < -0.3 is 10.4 Å². The summed E-state index contributed by atoms with van der Waals surface area (Å²) < 4.78 is 0. The number of aromatic nitrogens is 2. The van der Waals surface area contributed by atoms with E-state index in [0.29, 0.717) is 5.15 Å². The third kappa shape index (κ3) is 3.61. The van der Waals surface area contributed by atoms with Crippen LogP contribution in [-0.4, -0.2) is 28.0 Å². The number of nitrogens with zero attached hydrogens (tertiary/aromatic N) is 2. The highest BCUT2D eigenvalue weighted by Gasteiger charge is 2.07. The summed E-state index contributed by atoms with van der Waals surface area (Å²) in [5.41, 5.74) is 1.98. The summed E-state index contributed by atoms with van der Waals surface area (Å²) >= 11 is 5.85. The van der Waals surface area contributed by atoms with Crippen LogP contribution < -0.4 is 5.32 Å². The SMILES string of the molecule is Cc1c(Cl)nnc(NCCCC(C)O)c1C. The van der Waals surface area contributed by atoms with Crippen LogP contribution in [0.2, 0.25) is 5.15 Å². The lowest BCUT2D eigenvalue weighted by molar-refractivity contribution is 0.183. The maximum Gasteiger partial charge on any atom is 0.155 e. The Kier molecular flexibility index (Phi) is 4.96. The molecule has 4 nitrogen and oxygen atoms in total. The summed E-state index contributed by atoms with van der Waals surface area (Å²) in [4.78, 5) is 0. The molecule has 1 heterocycles. The summed E-state index contributed by atoms with van der Waals surface area (Å²) in [5, 5.41) is 20.6. The first kappa shape index (κ1) is 13.2. The maximum atomic E-state index is 9.11. The number of hydrogen-bond donors (Lipinski definition) is 2. The standard InChI is InChI=1S/C11H18ClN3O/c1-7(16)5-4-6-13-11-9(3)8(2)10(12)14-15-11/h7,16H,4-6H2,1-3H3,(H,13,15). The van der Waals surface area contributed by atoms with E-state index in [4.69, 9.17) is 16.7 Å². The molecule has 0 aromatic carbocycles. The van der Waals surface area contributed by atoms with E-state index in [1.165, 1.54) is 0 Å². The molecule has 0 aliphatic carbocycles. The second-order valence-electron chi connectivity index (χ2n) is 4.01. The Bertz CT molecular complexity index is 355. The van der Waals surface area contributed by atoms with Crippen molar-refractivity contribution in [2.45, 2.75) is 39.7 Å². The molecule has 1 atom stereocenters. The summed E-state index contributed by atoms with van der Waals surface area (Å²) in [7, 11) is 0. The molecule has 90 valence electrons. The third-order valence-electron chi connectivity index (χ3n) is 2.56. The van der Waals surface area contributed by atoms with Gasteiger partial charge in [0.15, 0.2) is 11.0 Å². The lowest BCUT2D eigenvalue weighted by atomic mass is 10.2. The van der Waals surface area contributed by atoms with E-state index in [-0.39, 0.29) is 6.10 Å². The molecule has 0 spiro atoms. The quantitative estimate of drug-likeness (QED) is 0.780. The minimum atomic E-state index is -0.249. The van der Waals surface area contributed by atoms with Gasteiger partial charge in [-0.2, -0.15) is 0 Å². The van der Waals surface area contributed by atoms with Crippen molar-refractivity contribution in [1.82, 2.24) is 10.2 Å². The van der Waals surface area contributed by atoms with Crippen molar-refractivity contribution in [3.05, 3.63) is 16.3 Å². The molecular formula is C11H18ClN3O. The Morgan fingerprint density at radius 3 is 2.62 bits per heavy atom. The van der Waals surface area contributed by atoms with Gasteiger partial charge in [0, 0.05) is 6.54 Å². The second-order valence-corrected chi connectivity index (χ2v) is 4.37. The van der Waals surface area contributed by atoms with Crippen LogP contribution in [0, 0.1) is 13.8 Å². The van der Waals surface area contributed by atoms with Gasteiger partial charge in [0.1, 0.15) is 0 Å². The highest BCUT2D eigenvalue weighted by atomic mass is 35.5. The molecule has 0 fully saturated rings. The number of aliphatic hydroxyl groups excluding tert-OH is 1. The molecule has 16 heavy (non-hydrogen) atoms. The Labute approximate surface area is 101 Å². The van der Waals surface area contributed by atoms with Crippen LogP contribution in [0.5, 0.6) is 0 Å². The van der Waals surface area contributed by atoms with Gasteiger partial charge in [-0.25, -0.2) is 0 Å². The van der Waals surface area contributed by atoms with Gasteiger partial charge in [-0.15, -0.1) is 10.2 Å². The average Bonchev–Trinajstić information content (AvgIpc) is 2.23. The number of aliphatic hydroxyl groups is 1.